The van der Waals surface area contributed by atoms with Crippen LogP contribution in [0.2, 0.25) is 0 Å². The van der Waals surface area contributed by atoms with Gasteiger partial charge in [0.05, 0.1) is 22.6 Å². The van der Waals surface area contributed by atoms with Crippen molar-refractivity contribution in [3.8, 4) is 6.07 Å². The van der Waals surface area contributed by atoms with Crippen LogP contribution in [0.5, 0.6) is 0 Å². The SMILES string of the molecule is C=CC(=O)Nc1cc(N2CCN(C)CC2)ccc1Nc1cc(NCc2ccc(F)cc2F)c(C#N)cn1. The maximum atomic E-state index is 14.0. The summed E-state index contributed by atoms with van der Waals surface area (Å²) in [5, 5.41) is 18.5. The zero-order valence-corrected chi connectivity index (χ0v) is 20.4. The number of likely N-dealkylation sites (N-methyl/N-ethyl adjacent to an activating group) is 1. The molecule has 0 saturated carbocycles. The highest BCUT2D eigenvalue weighted by molar-refractivity contribution is 6.02. The Hall–Kier alpha value is -4.49. The van der Waals surface area contributed by atoms with Crippen molar-refractivity contribution in [1.82, 2.24) is 9.88 Å². The van der Waals surface area contributed by atoms with Crippen LogP contribution in [-0.2, 0) is 11.3 Å². The van der Waals surface area contributed by atoms with Gasteiger partial charge in [0, 0.05) is 62.3 Å². The lowest BCUT2D eigenvalue weighted by Crippen LogP contribution is -2.44. The van der Waals surface area contributed by atoms with Crippen molar-refractivity contribution >= 4 is 34.5 Å². The van der Waals surface area contributed by atoms with E-state index in [9.17, 15) is 18.8 Å². The fourth-order valence-corrected chi connectivity index (χ4v) is 3.94. The van der Waals surface area contributed by atoms with Gasteiger partial charge in [-0.1, -0.05) is 12.6 Å². The average molecular weight is 504 g/mol. The summed E-state index contributed by atoms with van der Waals surface area (Å²) in [5.41, 5.74) is 3.07. The Morgan fingerprint density at radius 1 is 1.11 bits per heavy atom. The van der Waals surface area contributed by atoms with Crippen LogP contribution in [0.3, 0.4) is 0 Å². The van der Waals surface area contributed by atoms with Crippen molar-refractivity contribution in [1.29, 1.82) is 5.26 Å². The number of nitrogens with zero attached hydrogens (tertiary/aromatic N) is 4. The minimum atomic E-state index is -0.679. The van der Waals surface area contributed by atoms with Crippen molar-refractivity contribution in [3.05, 3.63) is 84.1 Å². The summed E-state index contributed by atoms with van der Waals surface area (Å²) in [6, 6.07) is 12.7. The third-order valence-electron chi connectivity index (χ3n) is 6.09. The first-order chi connectivity index (χ1) is 17.9. The molecular weight excluding hydrogens is 476 g/mol. The average Bonchev–Trinajstić information content (AvgIpc) is 2.89. The maximum Gasteiger partial charge on any atom is 0.247 e. The molecule has 1 aliphatic heterocycles. The lowest BCUT2D eigenvalue weighted by molar-refractivity contribution is -0.111. The molecule has 190 valence electrons. The first-order valence-corrected chi connectivity index (χ1v) is 11.7. The summed E-state index contributed by atoms with van der Waals surface area (Å²) in [4.78, 5) is 21.0. The van der Waals surface area contributed by atoms with Crippen LogP contribution < -0.4 is 20.9 Å². The third kappa shape index (κ3) is 6.39. The van der Waals surface area contributed by atoms with Crippen LogP contribution >= 0.6 is 0 Å². The van der Waals surface area contributed by atoms with Crippen molar-refractivity contribution in [2.24, 2.45) is 0 Å². The molecular formula is C27H27F2N7O. The Morgan fingerprint density at radius 3 is 2.59 bits per heavy atom. The first-order valence-electron chi connectivity index (χ1n) is 11.7. The molecule has 10 heteroatoms. The fraction of sp³-hybridized carbons (Fsp3) is 0.222. The fourth-order valence-electron chi connectivity index (χ4n) is 3.94. The van der Waals surface area contributed by atoms with Crippen LogP contribution in [0.4, 0.5) is 37.3 Å². The van der Waals surface area contributed by atoms with Gasteiger partial charge in [-0.15, -0.1) is 0 Å². The number of amides is 1. The van der Waals surface area contributed by atoms with E-state index < -0.39 is 11.6 Å². The van der Waals surface area contributed by atoms with Gasteiger partial charge in [-0.05, 0) is 37.4 Å². The molecule has 2 aromatic carbocycles. The number of nitrogens with one attached hydrogen (secondary N) is 3. The second kappa shape index (κ2) is 11.5. The standard InChI is InChI=1S/C27H27F2N7O/c1-3-27(37)34-25-13-21(36-10-8-35(2)9-11-36)6-7-23(25)33-26-14-24(19(15-30)17-32-26)31-16-18-4-5-20(28)12-22(18)29/h3-7,12-14,17H,1,8-11,16H2,2H3,(H,34,37)(H2,31,32,33). The molecule has 1 amide bonds. The monoisotopic (exact) mass is 503 g/mol. The number of rotatable bonds is 8. The van der Waals surface area contributed by atoms with Crippen LogP contribution in [0, 0.1) is 23.0 Å². The molecule has 0 radical (unpaired) electrons. The predicted octanol–water partition coefficient (Wildman–Crippen LogP) is 4.46. The Morgan fingerprint density at radius 2 is 1.89 bits per heavy atom. The molecule has 1 aromatic heterocycles. The lowest BCUT2D eigenvalue weighted by atomic mass is 10.1. The van der Waals surface area contributed by atoms with Crippen molar-refractivity contribution in [3.63, 3.8) is 0 Å². The predicted molar refractivity (Wildman–Crippen MR) is 141 cm³/mol. The van der Waals surface area contributed by atoms with E-state index in [4.69, 9.17) is 0 Å². The first kappa shape index (κ1) is 25.6. The number of hydrogen-bond donors (Lipinski definition) is 3. The summed E-state index contributed by atoms with van der Waals surface area (Å²) >= 11 is 0. The number of nitriles is 1. The number of piperazine rings is 1. The number of carbonyl (C=O) groups is 1. The van der Waals surface area contributed by atoms with E-state index in [1.807, 2.05) is 18.2 Å². The van der Waals surface area contributed by atoms with Gasteiger partial charge in [0.1, 0.15) is 23.5 Å². The lowest BCUT2D eigenvalue weighted by Gasteiger charge is -2.34. The van der Waals surface area contributed by atoms with Crippen molar-refractivity contribution in [2.75, 3.05) is 54.1 Å². The number of anilines is 5. The minimum absolute atomic E-state index is 0.0462. The van der Waals surface area contributed by atoms with Gasteiger partial charge in [-0.25, -0.2) is 13.8 Å². The number of carbonyl (C=O) groups excluding carboxylic acids is 1. The van der Waals surface area contributed by atoms with E-state index in [-0.39, 0.29) is 23.6 Å². The zero-order valence-electron chi connectivity index (χ0n) is 20.4. The molecule has 1 aliphatic rings. The van der Waals surface area contributed by atoms with Crippen LogP contribution in [-0.4, -0.2) is 49.0 Å². The minimum Gasteiger partial charge on any atom is -0.380 e. The molecule has 3 N–H and O–H groups in total. The van der Waals surface area contributed by atoms with Crippen LogP contribution in [0.25, 0.3) is 0 Å². The molecule has 3 aromatic rings. The highest BCUT2D eigenvalue weighted by atomic mass is 19.1. The van der Waals surface area contributed by atoms with Gasteiger partial charge in [0.2, 0.25) is 5.91 Å². The van der Waals surface area contributed by atoms with Gasteiger partial charge in [0.15, 0.2) is 0 Å². The Bertz CT molecular complexity index is 1350. The molecule has 0 aliphatic carbocycles. The van der Waals surface area contributed by atoms with E-state index in [0.29, 0.717) is 22.9 Å². The highest BCUT2D eigenvalue weighted by Crippen LogP contribution is 2.31. The van der Waals surface area contributed by atoms with E-state index in [1.54, 1.807) is 6.07 Å². The molecule has 1 saturated heterocycles. The van der Waals surface area contributed by atoms with E-state index in [2.05, 4.69) is 50.4 Å². The van der Waals surface area contributed by atoms with Gasteiger partial charge in [-0.2, -0.15) is 5.26 Å². The molecule has 2 heterocycles. The number of halogens is 2. The summed E-state index contributed by atoms with van der Waals surface area (Å²) < 4.78 is 27.3. The number of pyridine rings is 1. The normalized spacial score (nSPS) is 13.5. The maximum absolute atomic E-state index is 14.0. The molecule has 8 nitrogen and oxygen atoms in total. The van der Waals surface area contributed by atoms with E-state index in [0.717, 1.165) is 37.9 Å². The van der Waals surface area contributed by atoms with Crippen molar-refractivity contribution < 1.29 is 13.6 Å². The van der Waals surface area contributed by atoms with E-state index in [1.165, 1.54) is 24.4 Å². The number of aromatic nitrogens is 1. The summed E-state index contributed by atoms with van der Waals surface area (Å²) in [5.74, 6) is -1.29. The zero-order chi connectivity index (χ0) is 26.4. The number of benzene rings is 2. The van der Waals surface area contributed by atoms with Crippen LogP contribution in [0.1, 0.15) is 11.1 Å². The van der Waals surface area contributed by atoms with Gasteiger partial charge >= 0.3 is 0 Å². The molecule has 0 atom stereocenters. The summed E-state index contributed by atoms with van der Waals surface area (Å²) in [6.45, 7) is 7.22. The number of hydrogen-bond acceptors (Lipinski definition) is 7. The largest absolute Gasteiger partial charge is 0.380 e. The van der Waals surface area contributed by atoms with Gasteiger partial charge in [-0.3, -0.25) is 4.79 Å². The van der Waals surface area contributed by atoms with Crippen molar-refractivity contribution in [2.45, 2.75) is 6.54 Å². The van der Waals surface area contributed by atoms with Crippen LogP contribution in [0.15, 0.2) is 61.3 Å². The van der Waals surface area contributed by atoms with Gasteiger partial charge < -0.3 is 25.8 Å². The third-order valence-corrected chi connectivity index (χ3v) is 6.09. The summed E-state index contributed by atoms with van der Waals surface area (Å²) in [6.07, 6.45) is 2.59. The highest BCUT2D eigenvalue weighted by Gasteiger charge is 2.17. The molecule has 1 fully saturated rings. The second-order valence-corrected chi connectivity index (χ2v) is 8.65. The topological polar surface area (TPSA) is 96.3 Å². The Balaban J connectivity index is 1.57. The van der Waals surface area contributed by atoms with E-state index >= 15 is 0 Å². The summed E-state index contributed by atoms with van der Waals surface area (Å²) in [7, 11) is 2.09. The molecule has 0 unspecified atom stereocenters. The smallest absolute Gasteiger partial charge is 0.247 e. The second-order valence-electron chi connectivity index (χ2n) is 8.65. The quantitative estimate of drug-likeness (QED) is 0.391. The molecule has 37 heavy (non-hydrogen) atoms. The van der Waals surface area contributed by atoms with Gasteiger partial charge in [0.25, 0.3) is 0 Å². The molecule has 0 bridgehead atoms. The molecule has 0 spiro atoms. The molecule has 4 rings (SSSR count). The Labute approximate surface area is 214 Å². The Kier molecular flexibility index (Phi) is 7.95.